The van der Waals surface area contributed by atoms with Gasteiger partial charge in [0.1, 0.15) is 10.4 Å². The summed E-state index contributed by atoms with van der Waals surface area (Å²) < 4.78 is 12.1. The van der Waals surface area contributed by atoms with Gasteiger partial charge in [0.05, 0.1) is 12.0 Å². The van der Waals surface area contributed by atoms with Crippen molar-refractivity contribution in [1.82, 2.24) is 4.90 Å². The highest BCUT2D eigenvalue weighted by molar-refractivity contribution is 8.26. The van der Waals surface area contributed by atoms with Crippen LogP contribution in [0.15, 0.2) is 53.4 Å². The fourth-order valence-corrected chi connectivity index (χ4v) is 3.73. The monoisotopic (exact) mass is 385 g/mol. The van der Waals surface area contributed by atoms with Crippen molar-refractivity contribution in [3.8, 4) is 11.5 Å². The highest BCUT2D eigenvalue weighted by atomic mass is 32.2. The minimum Gasteiger partial charge on any atom is -0.493 e. The van der Waals surface area contributed by atoms with Gasteiger partial charge in [-0.15, -0.1) is 0 Å². The molecule has 1 fully saturated rings. The zero-order chi connectivity index (χ0) is 18.7. The molecule has 4 nitrogen and oxygen atoms in total. The van der Waals surface area contributed by atoms with Crippen molar-refractivity contribution in [1.29, 1.82) is 0 Å². The van der Waals surface area contributed by atoms with Crippen LogP contribution in [-0.4, -0.2) is 29.3 Å². The fourth-order valence-electron chi connectivity index (χ4n) is 2.55. The predicted octanol–water partition coefficient (Wildman–Crippen LogP) is 4.67. The molecule has 3 rings (SSSR count). The van der Waals surface area contributed by atoms with Crippen LogP contribution in [0.5, 0.6) is 11.5 Å². The van der Waals surface area contributed by atoms with Crippen LogP contribution in [-0.2, 0) is 4.79 Å². The van der Waals surface area contributed by atoms with E-state index in [4.69, 9.17) is 21.7 Å². The second kappa shape index (κ2) is 7.93. The van der Waals surface area contributed by atoms with E-state index in [9.17, 15) is 4.79 Å². The van der Waals surface area contributed by atoms with Crippen molar-refractivity contribution in [2.24, 2.45) is 0 Å². The first-order chi connectivity index (χ1) is 12.5. The number of carbonyl (C=O) groups is 1. The summed E-state index contributed by atoms with van der Waals surface area (Å²) in [4.78, 5) is 14.2. The second-order valence-electron chi connectivity index (χ2n) is 5.82. The van der Waals surface area contributed by atoms with Crippen molar-refractivity contribution in [2.45, 2.75) is 13.0 Å². The molecule has 2 aromatic carbocycles. The zero-order valence-electron chi connectivity index (χ0n) is 14.8. The van der Waals surface area contributed by atoms with Crippen molar-refractivity contribution >= 4 is 40.3 Å². The van der Waals surface area contributed by atoms with Crippen LogP contribution in [0.4, 0.5) is 0 Å². The number of nitrogens with zero attached hydrogens (tertiary/aromatic N) is 1. The lowest BCUT2D eigenvalue weighted by Crippen LogP contribution is -2.22. The first kappa shape index (κ1) is 18.5. The molecule has 0 N–H and O–H groups in total. The lowest BCUT2D eigenvalue weighted by Gasteiger charge is -2.17. The predicted molar refractivity (Wildman–Crippen MR) is 109 cm³/mol. The van der Waals surface area contributed by atoms with Crippen LogP contribution in [0.25, 0.3) is 6.08 Å². The molecule has 0 aromatic heterocycles. The Bertz CT molecular complexity index is 865. The Balaban J connectivity index is 1.82. The molecule has 1 heterocycles. The highest BCUT2D eigenvalue weighted by Crippen LogP contribution is 2.35. The summed E-state index contributed by atoms with van der Waals surface area (Å²) in [7, 11) is 3.28. The topological polar surface area (TPSA) is 38.8 Å². The summed E-state index contributed by atoms with van der Waals surface area (Å²) in [5, 5.41) is 0. The average Bonchev–Trinajstić information content (AvgIpc) is 2.90. The van der Waals surface area contributed by atoms with Gasteiger partial charge in [-0.25, -0.2) is 0 Å². The second-order valence-corrected chi connectivity index (χ2v) is 7.50. The third-order valence-electron chi connectivity index (χ3n) is 4.04. The van der Waals surface area contributed by atoms with Gasteiger partial charge < -0.3 is 9.47 Å². The molecule has 0 spiro atoms. The van der Waals surface area contributed by atoms with E-state index in [-0.39, 0.29) is 12.0 Å². The highest BCUT2D eigenvalue weighted by Gasteiger charge is 2.28. The molecule has 0 saturated carbocycles. The molecule has 1 atom stereocenters. The zero-order valence-corrected chi connectivity index (χ0v) is 16.4. The van der Waals surface area contributed by atoms with Gasteiger partial charge in [-0.2, -0.15) is 0 Å². The first-order valence-electron chi connectivity index (χ1n) is 8.11. The molecular weight excluding hydrogens is 366 g/mol. The molecular formula is C20H19NO3S2. The number of methoxy groups -OCH3 is 1. The van der Waals surface area contributed by atoms with Gasteiger partial charge in [-0.05, 0) is 36.3 Å². The molecule has 0 aliphatic carbocycles. The number of hydrogen-bond donors (Lipinski definition) is 0. The van der Waals surface area contributed by atoms with Crippen molar-refractivity contribution in [3.05, 3.63) is 64.6 Å². The Kier molecular flexibility index (Phi) is 5.64. The molecule has 1 unspecified atom stereocenters. The Morgan fingerprint density at radius 3 is 2.50 bits per heavy atom. The SMILES string of the molecule is COc1cc(/C=C2\SC(=S)N(C)C2=O)ccc1OC(C)c1ccccc1. The lowest BCUT2D eigenvalue weighted by molar-refractivity contribution is -0.121. The third-order valence-corrected chi connectivity index (χ3v) is 5.53. The minimum atomic E-state index is -0.104. The summed E-state index contributed by atoms with van der Waals surface area (Å²) in [6.45, 7) is 2.00. The van der Waals surface area contributed by atoms with Gasteiger partial charge in [-0.3, -0.25) is 9.69 Å². The number of benzene rings is 2. The first-order valence-corrected chi connectivity index (χ1v) is 9.33. The Morgan fingerprint density at radius 2 is 1.88 bits per heavy atom. The molecule has 2 aromatic rings. The number of thiocarbonyl (C=S) groups is 1. The van der Waals surface area contributed by atoms with E-state index < -0.39 is 0 Å². The van der Waals surface area contributed by atoms with Crippen LogP contribution in [0.2, 0.25) is 0 Å². The van der Waals surface area contributed by atoms with E-state index in [2.05, 4.69) is 0 Å². The van der Waals surface area contributed by atoms with Gasteiger partial charge in [0.25, 0.3) is 5.91 Å². The summed E-state index contributed by atoms with van der Waals surface area (Å²) >= 11 is 6.46. The maximum absolute atomic E-state index is 12.1. The number of amides is 1. The number of hydrogen-bond acceptors (Lipinski definition) is 5. The van der Waals surface area contributed by atoms with E-state index >= 15 is 0 Å². The van der Waals surface area contributed by atoms with Crippen LogP contribution >= 0.6 is 24.0 Å². The summed E-state index contributed by atoms with van der Waals surface area (Å²) in [6.07, 6.45) is 1.71. The third kappa shape index (κ3) is 3.92. The van der Waals surface area contributed by atoms with E-state index in [0.717, 1.165) is 11.1 Å². The molecule has 1 aliphatic rings. The van der Waals surface area contributed by atoms with Gasteiger partial charge in [0, 0.05) is 7.05 Å². The maximum atomic E-state index is 12.1. The standard InChI is InChI=1S/C20H19NO3S2/c1-13(15-7-5-4-6-8-15)24-16-10-9-14(11-17(16)23-3)12-18-19(22)21(2)20(25)26-18/h4-13H,1-3H3/b18-12-. The molecule has 0 bridgehead atoms. The molecule has 134 valence electrons. The summed E-state index contributed by atoms with van der Waals surface area (Å²) in [5.41, 5.74) is 1.95. The van der Waals surface area contributed by atoms with Crippen molar-refractivity contribution in [2.75, 3.05) is 14.2 Å². The average molecular weight is 386 g/mol. The molecule has 6 heteroatoms. The quantitative estimate of drug-likeness (QED) is 0.553. The Labute approximate surface area is 162 Å². The Hall–Kier alpha value is -2.31. The number of rotatable bonds is 5. The summed E-state index contributed by atoms with van der Waals surface area (Å²) in [6, 6.07) is 15.6. The van der Waals surface area contributed by atoms with Gasteiger partial charge in [0.15, 0.2) is 11.5 Å². The molecule has 0 radical (unpaired) electrons. The smallest absolute Gasteiger partial charge is 0.265 e. The van der Waals surface area contributed by atoms with Crippen molar-refractivity contribution in [3.63, 3.8) is 0 Å². The number of thioether (sulfide) groups is 1. The summed E-state index contributed by atoms with van der Waals surface area (Å²) in [5.74, 6) is 1.19. The molecule has 1 aliphatic heterocycles. The fraction of sp³-hybridized carbons (Fsp3) is 0.200. The minimum absolute atomic E-state index is 0.0861. The molecule has 26 heavy (non-hydrogen) atoms. The van der Waals surface area contributed by atoms with E-state index in [1.807, 2.05) is 61.5 Å². The van der Waals surface area contributed by atoms with E-state index in [1.165, 1.54) is 16.7 Å². The van der Waals surface area contributed by atoms with Gasteiger partial charge >= 0.3 is 0 Å². The van der Waals surface area contributed by atoms with Gasteiger partial charge in [-0.1, -0.05) is 60.4 Å². The Morgan fingerprint density at radius 1 is 1.15 bits per heavy atom. The van der Waals surface area contributed by atoms with Crippen molar-refractivity contribution < 1.29 is 14.3 Å². The number of ether oxygens (including phenoxy) is 2. The van der Waals surface area contributed by atoms with Crippen LogP contribution in [0, 0.1) is 0 Å². The largest absolute Gasteiger partial charge is 0.493 e. The normalized spacial score (nSPS) is 16.9. The molecule has 1 amide bonds. The van der Waals surface area contributed by atoms with Crippen LogP contribution in [0.3, 0.4) is 0 Å². The number of likely N-dealkylation sites (N-methyl/N-ethyl adjacent to an activating group) is 1. The lowest BCUT2D eigenvalue weighted by atomic mass is 10.1. The van der Waals surface area contributed by atoms with E-state index in [0.29, 0.717) is 20.7 Å². The van der Waals surface area contributed by atoms with Crippen LogP contribution in [0.1, 0.15) is 24.2 Å². The van der Waals surface area contributed by atoms with Crippen LogP contribution < -0.4 is 9.47 Å². The molecule has 1 saturated heterocycles. The number of carbonyl (C=O) groups excluding carboxylic acids is 1. The van der Waals surface area contributed by atoms with Gasteiger partial charge in [0.2, 0.25) is 0 Å². The van der Waals surface area contributed by atoms with E-state index in [1.54, 1.807) is 14.2 Å². The maximum Gasteiger partial charge on any atom is 0.265 e.